The van der Waals surface area contributed by atoms with Crippen LogP contribution in [0, 0.1) is 0 Å². The molecule has 0 unspecified atom stereocenters. The molecule has 0 atom stereocenters. The molecule has 1 aromatic heterocycles. The SMILES string of the molecule is CCOc1ccccc1CNCCCOc1ccccn1. The fraction of sp³-hybridized carbons (Fsp3) is 0.353. The molecule has 4 heteroatoms. The van der Waals surface area contributed by atoms with Crippen molar-refractivity contribution in [2.75, 3.05) is 19.8 Å². The van der Waals surface area contributed by atoms with E-state index < -0.39 is 0 Å². The summed E-state index contributed by atoms with van der Waals surface area (Å²) in [7, 11) is 0. The molecule has 0 saturated heterocycles. The number of aromatic nitrogens is 1. The number of nitrogens with one attached hydrogen (secondary N) is 1. The van der Waals surface area contributed by atoms with Gasteiger partial charge in [-0.05, 0) is 32.0 Å². The number of ether oxygens (including phenoxy) is 2. The van der Waals surface area contributed by atoms with Gasteiger partial charge in [0.1, 0.15) is 5.75 Å². The van der Waals surface area contributed by atoms with Crippen LogP contribution in [0.25, 0.3) is 0 Å². The van der Waals surface area contributed by atoms with E-state index in [9.17, 15) is 0 Å². The molecule has 0 radical (unpaired) electrons. The normalized spacial score (nSPS) is 10.3. The van der Waals surface area contributed by atoms with E-state index in [2.05, 4.69) is 16.4 Å². The van der Waals surface area contributed by atoms with Crippen LogP contribution in [-0.2, 0) is 6.54 Å². The number of nitrogens with zero attached hydrogens (tertiary/aromatic N) is 1. The molecule has 4 nitrogen and oxygen atoms in total. The van der Waals surface area contributed by atoms with Gasteiger partial charge in [-0.25, -0.2) is 4.98 Å². The molecule has 2 rings (SSSR count). The Morgan fingerprint density at radius 3 is 2.71 bits per heavy atom. The summed E-state index contributed by atoms with van der Waals surface area (Å²) in [6.45, 7) is 5.05. The molecule has 0 aliphatic carbocycles. The zero-order valence-electron chi connectivity index (χ0n) is 12.4. The van der Waals surface area contributed by atoms with Crippen molar-refractivity contribution in [3.05, 3.63) is 54.2 Å². The van der Waals surface area contributed by atoms with Crippen molar-refractivity contribution in [3.8, 4) is 11.6 Å². The molecule has 0 aliphatic rings. The molecule has 0 fully saturated rings. The maximum absolute atomic E-state index is 5.60. The Labute approximate surface area is 126 Å². The highest BCUT2D eigenvalue weighted by atomic mass is 16.5. The van der Waals surface area contributed by atoms with Crippen LogP contribution in [-0.4, -0.2) is 24.7 Å². The van der Waals surface area contributed by atoms with E-state index in [1.165, 1.54) is 5.56 Å². The Bertz CT molecular complexity index is 517. The van der Waals surface area contributed by atoms with E-state index in [0.29, 0.717) is 19.1 Å². The van der Waals surface area contributed by atoms with E-state index in [1.54, 1.807) is 6.20 Å². The molecule has 0 spiro atoms. The molecular weight excluding hydrogens is 264 g/mol. The largest absolute Gasteiger partial charge is 0.494 e. The predicted octanol–water partition coefficient (Wildman–Crippen LogP) is 3.04. The molecular formula is C17H22N2O2. The number of benzene rings is 1. The van der Waals surface area contributed by atoms with Crippen molar-refractivity contribution in [3.63, 3.8) is 0 Å². The molecule has 112 valence electrons. The first-order valence-corrected chi connectivity index (χ1v) is 7.35. The zero-order valence-corrected chi connectivity index (χ0v) is 12.4. The minimum Gasteiger partial charge on any atom is -0.494 e. The van der Waals surface area contributed by atoms with Gasteiger partial charge in [0.15, 0.2) is 0 Å². The topological polar surface area (TPSA) is 43.4 Å². The summed E-state index contributed by atoms with van der Waals surface area (Å²) in [6, 6.07) is 13.8. The highest BCUT2D eigenvalue weighted by molar-refractivity contribution is 5.33. The van der Waals surface area contributed by atoms with Crippen molar-refractivity contribution in [2.24, 2.45) is 0 Å². The maximum atomic E-state index is 5.60. The lowest BCUT2D eigenvalue weighted by Crippen LogP contribution is -2.17. The molecule has 21 heavy (non-hydrogen) atoms. The van der Waals surface area contributed by atoms with Gasteiger partial charge in [0.25, 0.3) is 0 Å². The smallest absolute Gasteiger partial charge is 0.213 e. The van der Waals surface area contributed by atoms with Crippen LogP contribution in [0.1, 0.15) is 18.9 Å². The summed E-state index contributed by atoms with van der Waals surface area (Å²) in [5, 5.41) is 3.41. The van der Waals surface area contributed by atoms with Crippen LogP contribution in [0.2, 0.25) is 0 Å². The fourth-order valence-electron chi connectivity index (χ4n) is 1.98. The third-order valence-electron chi connectivity index (χ3n) is 2.97. The lowest BCUT2D eigenvalue weighted by Gasteiger charge is -2.11. The van der Waals surface area contributed by atoms with E-state index >= 15 is 0 Å². The Morgan fingerprint density at radius 1 is 1.05 bits per heavy atom. The first-order valence-electron chi connectivity index (χ1n) is 7.35. The monoisotopic (exact) mass is 286 g/mol. The van der Waals surface area contributed by atoms with Gasteiger partial charge in [-0.1, -0.05) is 24.3 Å². The van der Waals surface area contributed by atoms with Gasteiger partial charge < -0.3 is 14.8 Å². The summed E-state index contributed by atoms with van der Waals surface area (Å²) in [6.07, 6.45) is 2.67. The third kappa shape index (κ3) is 5.44. The van der Waals surface area contributed by atoms with E-state index in [1.807, 2.05) is 43.3 Å². The van der Waals surface area contributed by atoms with Crippen LogP contribution in [0.3, 0.4) is 0 Å². The number of para-hydroxylation sites is 1. The number of rotatable bonds is 9. The summed E-state index contributed by atoms with van der Waals surface area (Å²) < 4.78 is 11.1. The Morgan fingerprint density at radius 2 is 1.90 bits per heavy atom. The summed E-state index contributed by atoms with van der Waals surface area (Å²) in [5.74, 6) is 1.64. The van der Waals surface area contributed by atoms with Crippen LogP contribution in [0.15, 0.2) is 48.7 Å². The van der Waals surface area contributed by atoms with E-state index in [0.717, 1.165) is 25.3 Å². The first-order chi connectivity index (χ1) is 10.4. The van der Waals surface area contributed by atoms with Crippen LogP contribution in [0.5, 0.6) is 11.6 Å². The predicted molar refractivity (Wildman–Crippen MR) is 83.7 cm³/mol. The molecule has 0 saturated carbocycles. The quantitative estimate of drug-likeness (QED) is 0.720. The van der Waals surface area contributed by atoms with Gasteiger partial charge in [-0.2, -0.15) is 0 Å². The molecule has 1 heterocycles. The third-order valence-corrected chi connectivity index (χ3v) is 2.97. The molecule has 1 N–H and O–H groups in total. The van der Waals surface area contributed by atoms with Crippen molar-refractivity contribution >= 4 is 0 Å². The second-order valence-corrected chi connectivity index (χ2v) is 4.59. The van der Waals surface area contributed by atoms with Gasteiger partial charge >= 0.3 is 0 Å². The second kappa shape index (κ2) is 8.97. The van der Waals surface area contributed by atoms with E-state index in [4.69, 9.17) is 9.47 Å². The molecule has 2 aromatic rings. The summed E-state index contributed by atoms with van der Waals surface area (Å²) >= 11 is 0. The average Bonchev–Trinajstić information content (AvgIpc) is 2.53. The van der Waals surface area contributed by atoms with Crippen molar-refractivity contribution in [1.82, 2.24) is 10.3 Å². The first kappa shape index (κ1) is 15.3. The minimum absolute atomic E-state index is 0.664. The highest BCUT2D eigenvalue weighted by Crippen LogP contribution is 2.17. The number of hydrogen-bond acceptors (Lipinski definition) is 4. The van der Waals surface area contributed by atoms with Crippen molar-refractivity contribution in [2.45, 2.75) is 19.9 Å². The lowest BCUT2D eigenvalue weighted by molar-refractivity contribution is 0.296. The minimum atomic E-state index is 0.664. The molecule has 0 bridgehead atoms. The van der Waals surface area contributed by atoms with Gasteiger partial charge in [0.2, 0.25) is 5.88 Å². The fourth-order valence-corrected chi connectivity index (χ4v) is 1.98. The molecule has 0 aliphatic heterocycles. The lowest BCUT2D eigenvalue weighted by atomic mass is 10.2. The summed E-state index contributed by atoms with van der Waals surface area (Å²) in [4.78, 5) is 4.12. The Kier molecular flexibility index (Phi) is 6.55. The Hall–Kier alpha value is -2.07. The van der Waals surface area contributed by atoms with Gasteiger partial charge in [-0.15, -0.1) is 0 Å². The molecule has 1 aromatic carbocycles. The average molecular weight is 286 g/mol. The molecule has 0 amide bonds. The van der Waals surface area contributed by atoms with Gasteiger partial charge in [0, 0.05) is 24.4 Å². The highest BCUT2D eigenvalue weighted by Gasteiger charge is 2.01. The maximum Gasteiger partial charge on any atom is 0.213 e. The summed E-state index contributed by atoms with van der Waals surface area (Å²) in [5.41, 5.74) is 1.19. The zero-order chi connectivity index (χ0) is 14.8. The van der Waals surface area contributed by atoms with Gasteiger partial charge in [-0.3, -0.25) is 0 Å². The van der Waals surface area contributed by atoms with Crippen molar-refractivity contribution in [1.29, 1.82) is 0 Å². The standard InChI is InChI=1S/C17H22N2O2/c1-2-20-16-9-4-3-8-15(16)14-18-11-7-13-21-17-10-5-6-12-19-17/h3-6,8-10,12,18H,2,7,11,13-14H2,1H3. The van der Waals surface area contributed by atoms with E-state index in [-0.39, 0.29) is 0 Å². The van der Waals surface area contributed by atoms with Gasteiger partial charge in [0.05, 0.1) is 13.2 Å². The van der Waals surface area contributed by atoms with Crippen molar-refractivity contribution < 1.29 is 9.47 Å². The van der Waals surface area contributed by atoms with Crippen LogP contribution in [0.4, 0.5) is 0 Å². The Balaban J connectivity index is 1.64. The van der Waals surface area contributed by atoms with Crippen LogP contribution < -0.4 is 14.8 Å². The number of hydrogen-bond donors (Lipinski definition) is 1. The second-order valence-electron chi connectivity index (χ2n) is 4.59. The number of pyridine rings is 1. The van der Waals surface area contributed by atoms with Crippen LogP contribution >= 0.6 is 0 Å².